The third-order valence-electron chi connectivity index (χ3n) is 4.65. The summed E-state index contributed by atoms with van der Waals surface area (Å²) in [5.74, 6) is -0.0608. The first kappa shape index (κ1) is 23.0. The fraction of sp³-hybridized carbons (Fsp3) is 0.318. The summed E-state index contributed by atoms with van der Waals surface area (Å²) in [6.07, 6.45) is -0.408. The van der Waals surface area contributed by atoms with Crippen molar-refractivity contribution in [1.29, 1.82) is 0 Å². The van der Waals surface area contributed by atoms with Crippen LogP contribution in [0.2, 0.25) is 0 Å². The van der Waals surface area contributed by atoms with E-state index in [0.717, 1.165) is 27.8 Å². The molecule has 7 heteroatoms. The number of halogens is 1. The van der Waals surface area contributed by atoms with Crippen LogP contribution in [0.4, 0.5) is 4.39 Å². The SMILES string of the molecule is COP(=O)(/C=C/c1c(C)cc(C)cc1-c1ccc(F)c(C)c1)C[C@H](O)CC(=O)O. The van der Waals surface area contributed by atoms with E-state index in [1.54, 1.807) is 25.1 Å². The van der Waals surface area contributed by atoms with Gasteiger partial charge in [0, 0.05) is 12.9 Å². The molecule has 0 bridgehead atoms. The smallest absolute Gasteiger partial charge is 0.305 e. The summed E-state index contributed by atoms with van der Waals surface area (Å²) in [5.41, 5.74) is 4.97. The number of carboxylic acids is 1. The van der Waals surface area contributed by atoms with E-state index in [2.05, 4.69) is 0 Å². The van der Waals surface area contributed by atoms with Crippen molar-refractivity contribution >= 4 is 19.4 Å². The van der Waals surface area contributed by atoms with Gasteiger partial charge in [-0.25, -0.2) is 4.39 Å². The second-order valence-electron chi connectivity index (χ2n) is 7.17. The number of aliphatic hydroxyl groups excluding tert-OH is 1. The maximum atomic E-state index is 13.7. The number of benzene rings is 2. The Labute approximate surface area is 170 Å². The molecule has 156 valence electrons. The molecule has 0 aliphatic heterocycles. The number of aliphatic carboxylic acids is 1. The van der Waals surface area contributed by atoms with E-state index in [1.165, 1.54) is 19.0 Å². The van der Waals surface area contributed by atoms with Crippen molar-refractivity contribution in [2.45, 2.75) is 33.3 Å². The molecule has 0 heterocycles. The van der Waals surface area contributed by atoms with Crippen molar-refractivity contribution < 1.29 is 28.5 Å². The van der Waals surface area contributed by atoms with Crippen LogP contribution in [0.1, 0.15) is 28.7 Å². The van der Waals surface area contributed by atoms with Gasteiger partial charge in [0.25, 0.3) is 0 Å². The Morgan fingerprint density at radius 2 is 1.90 bits per heavy atom. The zero-order valence-electron chi connectivity index (χ0n) is 17.0. The van der Waals surface area contributed by atoms with E-state index in [-0.39, 0.29) is 12.0 Å². The molecule has 29 heavy (non-hydrogen) atoms. The van der Waals surface area contributed by atoms with Crippen LogP contribution in [0.15, 0.2) is 36.1 Å². The molecule has 0 aromatic heterocycles. The van der Waals surface area contributed by atoms with Crippen LogP contribution in [0, 0.1) is 26.6 Å². The largest absolute Gasteiger partial charge is 0.481 e. The molecule has 2 rings (SSSR count). The molecule has 0 spiro atoms. The molecule has 0 radical (unpaired) electrons. The van der Waals surface area contributed by atoms with Gasteiger partial charge < -0.3 is 14.7 Å². The van der Waals surface area contributed by atoms with Crippen LogP contribution < -0.4 is 0 Å². The predicted octanol–water partition coefficient (Wildman–Crippen LogP) is 5.15. The molecule has 0 aliphatic carbocycles. The van der Waals surface area contributed by atoms with Gasteiger partial charge in [0.15, 0.2) is 0 Å². The molecule has 0 amide bonds. The maximum absolute atomic E-state index is 13.7. The van der Waals surface area contributed by atoms with Gasteiger partial charge in [-0.3, -0.25) is 9.36 Å². The lowest BCUT2D eigenvalue weighted by molar-refractivity contribution is -0.138. The van der Waals surface area contributed by atoms with E-state index in [9.17, 15) is 18.9 Å². The zero-order chi connectivity index (χ0) is 21.8. The Bertz CT molecular complexity index is 983. The average Bonchev–Trinajstić information content (AvgIpc) is 2.62. The Kier molecular flexibility index (Phi) is 7.53. The first-order chi connectivity index (χ1) is 13.5. The van der Waals surface area contributed by atoms with Gasteiger partial charge in [0.2, 0.25) is 7.37 Å². The maximum Gasteiger partial charge on any atom is 0.305 e. The van der Waals surface area contributed by atoms with Crippen molar-refractivity contribution in [2.75, 3.05) is 13.3 Å². The minimum Gasteiger partial charge on any atom is -0.481 e. The quantitative estimate of drug-likeness (QED) is 0.577. The van der Waals surface area contributed by atoms with Crippen LogP contribution >= 0.6 is 7.37 Å². The molecule has 2 N–H and O–H groups in total. The summed E-state index contributed by atoms with van der Waals surface area (Å²) >= 11 is 0. The lowest BCUT2D eigenvalue weighted by Crippen LogP contribution is -2.17. The average molecular weight is 420 g/mol. The van der Waals surface area contributed by atoms with Crippen LogP contribution in [0.3, 0.4) is 0 Å². The molecule has 0 saturated heterocycles. The lowest BCUT2D eigenvalue weighted by atomic mass is 9.93. The number of aliphatic hydroxyl groups is 1. The predicted molar refractivity (Wildman–Crippen MR) is 113 cm³/mol. The zero-order valence-corrected chi connectivity index (χ0v) is 17.9. The van der Waals surface area contributed by atoms with Gasteiger partial charge >= 0.3 is 5.97 Å². The summed E-state index contributed by atoms with van der Waals surface area (Å²) in [6, 6.07) is 8.82. The van der Waals surface area contributed by atoms with Gasteiger partial charge in [0.05, 0.1) is 18.7 Å². The van der Waals surface area contributed by atoms with Crippen molar-refractivity contribution in [3.8, 4) is 11.1 Å². The topological polar surface area (TPSA) is 83.8 Å². The molecule has 2 aromatic carbocycles. The van der Waals surface area contributed by atoms with E-state index in [4.69, 9.17) is 9.63 Å². The van der Waals surface area contributed by atoms with Gasteiger partial charge in [-0.2, -0.15) is 0 Å². The Morgan fingerprint density at radius 3 is 2.48 bits per heavy atom. The molecular weight excluding hydrogens is 394 g/mol. The highest BCUT2D eigenvalue weighted by Crippen LogP contribution is 2.49. The Hall–Kier alpha value is -2.27. The van der Waals surface area contributed by atoms with Gasteiger partial charge in [-0.05, 0) is 66.8 Å². The lowest BCUT2D eigenvalue weighted by Gasteiger charge is -2.17. The molecule has 0 saturated carbocycles. The normalized spacial score (nSPS) is 14.7. The number of rotatable bonds is 8. The summed E-state index contributed by atoms with van der Waals surface area (Å²) in [7, 11) is -2.12. The Morgan fingerprint density at radius 1 is 1.21 bits per heavy atom. The van der Waals surface area contributed by atoms with E-state index < -0.39 is 25.9 Å². The molecular formula is C22H26FO5P. The number of aryl methyl sites for hydroxylation is 3. The van der Waals surface area contributed by atoms with E-state index in [0.29, 0.717) is 5.56 Å². The molecule has 2 aromatic rings. The molecule has 0 fully saturated rings. The van der Waals surface area contributed by atoms with E-state index >= 15 is 0 Å². The van der Waals surface area contributed by atoms with Gasteiger partial charge in [-0.15, -0.1) is 0 Å². The van der Waals surface area contributed by atoms with Crippen LogP contribution in [0.25, 0.3) is 17.2 Å². The fourth-order valence-electron chi connectivity index (χ4n) is 3.20. The summed E-state index contributed by atoms with van der Waals surface area (Å²) < 4.78 is 31.8. The standard InChI is InChI=1S/C22H26FO5P/c1-14-9-15(2)19(20(10-14)17-5-6-21(23)16(3)11-17)7-8-29(27,28-4)13-18(24)12-22(25)26/h5-11,18,24H,12-13H2,1-4H3,(H,25,26)/b8-7+/t18-,29?/m1/s1. The number of hydrogen-bond donors (Lipinski definition) is 2. The van der Waals surface area contributed by atoms with E-state index in [1.807, 2.05) is 26.0 Å². The fourth-order valence-corrected chi connectivity index (χ4v) is 4.68. The summed E-state index contributed by atoms with van der Waals surface area (Å²) in [4.78, 5) is 10.8. The highest BCUT2D eigenvalue weighted by Gasteiger charge is 2.24. The monoisotopic (exact) mass is 420 g/mol. The van der Waals surface area contributed by atoms with Crippen molar-refractivity contribution in [1.82, 2.24) is 0 Å². The van der Waals surface area contributed by atoms with Crippen molar-refractivity contribution in [3.63, 3.8) is 0 Å². The minimum atomic E-state index is -3.39. The first-order valence-corrected chi connectivity index (χ1v) is 11.0. The number of carbonyl (C=O) groups is 1. The summed E-state index contributed by atoms with van der Waals surface area (Å²) in [6.45, 7) is 5.58. The minimum absolute atomic E-state index is 0.286. The van der Waals surface area contributed by atoms with Gasteiger partial charge in [0.1, 0.15) is 5.82 Å². The highest BCUT2D eigenvalue weighted by atomic mass is 31.2. The van der Waals surface area contributed by atoms with Crippen LogP contribution in [-0.2, 0) is 13.9 Å². The first-order valence-electron chi connectivity index (χ1n) is 9.16. The van der Waals surface area contributed by atoms with Crippen molar-refractivity contribution in [2.24, 2.45) is 0 Å². The van der Waals surface area contributed by atoms with Crippen LogP contribution in [-0.4, -0.2) is 35.6 Å². The Balaban J connectivity index is 2.46. The highest BCUT2D eigenvalue weighted by molar-refractivity contribution is 7.62. The second-order valence-corrected chi connectivity index (χ2v) is 9.65. The number of carboxylic acid groups (broad SMARTS) is 1. The molecule has 5 nitrogen and oxygen atoms in total. The molecule has 0 aliphatic rings. The van der Waals surface area contributed by atoms with Crippen LogP contribution in [0.5, 0.6) is 0 Å². The second kappa shape index (κ2) is 9.49. The molecule has 2 atom stereocenters. The number of hydrogen-bond acceptors (Lipinski definition) is 4. The summed E-state index contributed by atoms with van der Waals surface area (Å²) in [5, 5.41) is 18.7. The third-order valence-corrected chi connectivity index (χ3v) is 6.80. The third kappa shape index (κ3) is 6.10. The molecule has 1 unspecified atom stereocenters. The van der Waals surface area contributed by atoms with Gasteiger partial charge in [-0.1, -0.05) is 23.8 Å². The van der Waals surface area contributed by atoms with Crippen molar-refractivity contribution in [3.05, 3.63) is 64.2 Å².